The zero-order valence-corrected chi connectivity index (χ0v) is 12.5. The molecule has 100 valence electrons. The summed E-state index contributed by atoms with van der Waals surface area (Å²) < 4.78 is 0. The van der Waals surface area contributed by atoms with Gasteiger partial charge in [-0.2, -0.15) is 0 Å². The van der Waals surface area contributed by atoms with Gasteiger partial charge in [0.1, 0.15) is 0 Å². The number of hydrogen-bond acceptors (Lipinski definition) is 0. The highest BCUT2D eigenvalue weighted by Crippen LogP contribution is 2.17. The summed E-state index contributed by atoms with van der Waals surface area (Å²) >= 11 is 0. The molecule has 19 heavy (non-hydrogen) atoms. The Bertz CT molecular complexity index is 491. The van der Waals surface area contributed by atoms with Gasteiger partial charge in [-0.25, -0.2) is 0 Å². The SMILES string of the molecule is C=C(C)C(=C/C=C/c1ccc(C(C)C)cc1)C(=C)C. The zero-order valence-electron chi connectivity index (χ0n) is 12.5. The molecule has 0 heterocycles. The molecule has 0 N–H and O–H groups in total. The van der Waals surface area contributed by atoms with Crippen LogP contribution in [-0.2, 0) is 0 Å². The first-order valence-corrected chi connectivity index (χ1v) is 6.72. The monoisotopic (exact) mass is 252 g/mol. The van der Waals surface area contributed by atoms with Crippen LogP contribution in [-0.4, -0.2) is 0 Å². The summed E-state index contributed by atoms with van der Waals surface area (Å²) in [6.45, 7) is 16.4. The van der Waals surface area contributed by atoms with E-state index in [2.05, 4.69) is 69.5 Å². The van der Waals surface area contributed by atoms with Crippen molar-refractivity contribution in [3.05, 3.63) is 77.4 Å². The Hall–Kier alpha value is -1.82. The van der Waals surface area contributed by atoms with E-state index in [1.54, 1.807) is 0 Å². The molecular weight excluding hydrogens is 228 g/mol. The minimum Gasteiger partial charge on any atom is -0.0955 e. The molecule has 0 aliphatic carbocycles. The molecule has 1 aromatic carbocycles. The van der Waals surface area contributed by atoms with E-state index in [0.29, 0.717) is 5.92 Å². The van der Waals surface area contributed by atoms with Crippen molar-refractivity contribution in [3.8, 4) is 0 Å². The first-order valence-electron chi connectivity index (χ1n) is 6.72. The van der Waals surface area contributed by atoms with E-state index in [4.69, 9.17) is 0 Å². The summed E-state index contributed by atoms with van der Waals surface area (Å²) in [7, 11) is 0. The van der Waals surface area contributed by atoms with Crippen LogP contribution in [0.4, 0.5) is 0 Å². The number of hydrogen-bond donors (Lipinski definition) is 0. The standard InChI is InChI=1S/C19H24/c1-14(2)18-12-10-17(11-13-18)8-7-9-19(15(3)4)16(5)6/h7-14H,3,5H2,1-2,4,6H3/b8-7+. The number of rotatable bonds is 5. The van der Waals surface area contributed by atoms with Gasteiger partial charge < -0.3 is 0 Å². The molecule has 1 aromatic rings. The van der Waals surface area contributed by atoms with Crippen LogP contribution >= 0.6 is 0 Å². The quantitative estimate of drug-likeness (QED) is 0.572. The Morgan fingerprint density at radius 3 is 1.95 bits per heavy atom. The van der Waals surface area contributed by atoms with E-state index in [1.165, 1.54) is 11.1 Å². The van der Waals surface area contributed by atoms with Crippen molar-refractivity contribution < 1.29 is 0 Å². The molecule has 0 nitrogen and oxygen atoms in total. The van der Waals surface area contributed by atoms with Gasteiger partial charge in [0, 0.05) is 0 Å². The van der Waals surface area contributed by atoms with Gasteiger partial charge in [-0.3, -0.25) is 0 Å². The topological polar surface area (TPSA) is 0 Å². The van der Waals surface area contributed by atoms with Crippen molar-refractivity contribution in [3.63, 3.8) is 0 Å². The largest absolute Gasteiger partial charge is 0.0955 e. The summed E-state index contributed by atoms with van der Waals surface area (Å²) in [5, 5.41) is 0. The highest BCUT2D eigenvalue weighted by Gasteiger charge is 1.98. The zero-order chi connectivity index (χ0) is 14.4. The number of allylic oxidation sites excluding steroid dienone is 5. The molecule has 0 spiro atoms. The Kier molecular flexibility index (Phi) is 5.57. The predicted molar refractivity (Wildman–Crippen MR) is 87.3 cm³/mol. The van der Waals surface area contributed by atoms with Crippen molar-refractivity contribution >= 4 is 6.08 Å². The summed E-state index contributed by atoms with van der Waals surface area (Å²) in [4.78, 5) is 0. The lowest BCUT2D eigenvalue weighted by molar-refractivity contribution is 0.866. The summed E-state index contributed by atoms with van der Waals surface area (Å²) in [6, 6.07) is 8.68. The van der Waals surface area contributed by atoms with Crippen molar-refractivity contribution in [2.24, 2.45) is 0 Å². The third kappa shape index (κ3) is 4.75. The van der Waals surface area contributed by atoms with E-state index in [1.807, 2.05) is 13.8 Å². The molecule has 0 aliphatic rings. The van der Waals surface area contributed by atoms with E-state index < -0.39 is 0 Å². The van der Waals surface area contributed by atoms with E-state index >= 15 is 0 Å². The van der Waals surface area contributed by atoms with Gasteiger partial charge in [-0.15, -0.1) is 0 Å². The second-order valence-corrected chi connectivity index (χ2v) is 5.32. The van der Waals surface area contributed by atoms with Gasteiger partial charge in [-0.05, 0) is 36.5 Å². The lowest BCUT2D eigenvalue weighted by atomic mass is 10.0. The van der Waals surface area contributed by atoms with Gasteiger partial charge >= 0.3 is 0 Å². The second kappa shape index (κ2) is 6.94. The smallest absolute Gasteiger partial charge is 0.0210 e. The summed E-state index contributed by atoms with van der Waals surface area (Å²) in [5.74, 6) is 0.580. The van der Waals surface area contributed by atoms with E-state index in [0.717, 1.165) is 16.7 Å². The molecule has 0 fully saturated rings. The maximum atomic E-state index is 3.97. The van der Waals surface area contributed by atoms with Gasteiger partial charge in [0.25, 0.3) is 0 Å². The first-order chi connectivity index (χ1) is 8.91. The van der Waals surface area contributed by atoms with Crippen LogP contribution in [0.1, 0.15) is 44.7 Å². The van der Waals surface area contributed by atoms with Crippen LogP contribution in [0.2, 0.25) is 0 Å². The first kappa shape index (κ1) is 15.2. The lowest BCUT2D eigenvalue weighted by Gasteiger charge is -2.05. The van der Waals surface area contributed by atoms with Gasteiger partial charge in [-0.1, -0.05) is 80.6 Å². The fourth-order valence-electron chi connectivity index (χ4n) is 1.90. The Labute approximate surface area is 117 Å². The number of benzene rings is 1. The highest BCUT2D eigenvalue weighted by atomic mass is 14.0. The maximum Gasteiger partial charge on any atom is -0.0210 e. The predicted octanol–water partition coefficient (Wildman–Crippen LogP) is 5.90. The van der Waals surface area contributed by atoms with Crippen molar-refractivity contribution in [1.29, 1.82) is 0 Å². The Morgan fingerprint density at radius 2 is 1.53 bits per heavy atom. The van der Waals surface area contributed by atoms with Crippen molar-refractivity contribution in [2.75, 3.05) is 0 Å². The van der Waals surface area contributed by atoms with Gasteiger partial charge in [0.05, 0.1) is 0 Å². The maximum absolute atomic E-state index is 3.97. The molecule has 0 atom stereocenters. The minimum absolute atomic E-state index is 0.580. The molecule has 0 aromatic heterocycles. The molecule has 0 radical (unpaired) electrons. The average Bonchev–Trinajstić information content (AvgIpc) is 2.34. The molecule has 0 saturated heterocycles. The van der Waals surface area contributed by atoms with Gasteiger partial charge in [0.2, 0.25) is 0 Å². The van der Waals surface area contributed by atoms with Crippen LogP contribution in [0.15, 0.2) is 66.3 Å². The summed E-state index contributed by atoms with van der Waals surface area (Å²) in [6.07, 6.45) is 6.24. The molecular formula is C19H24. The minimum atomic E-state index is 0.580. The summed E-state index contributed by atoms with van der Waals surface area (Å²) in [5.41, 5.74) is 5.80. The normalized spacial score (nSPS) is 10.8. The molecule has 1 rings (SSSR count). The van der Waals surface area contributed by atoms with E-state index in [9.17, 15) is 0 Å². The van der Waals surface area contributed by atoms with Crippen LogP contribution in [0.5, 0.6) is 0 Å². The van der Waals surface area contributed by atoms with Crippen LogP contribution < -0.4 is 0 Å². The van der Waals surface area contributed by atoms with Crippen molar-refractivity contribution in [1.82, 2.24) is 0 Å². The average molecular weight is 252 g/mol. The second-order valence-electron chi connectivity index (χ2n) is 5.32. The van der Waals surface area contributed by atoms with Crippen molar-refractivity contribution in [2.45, 2.75) is 33.6 Å². The van der Waals surface area contributed by atoms with Crippen LogP contribution in [0.25, 0.3) is 6.08 Å². The van der Waals surface area contributed by atoms with Crippen LogP contribution in [0, 0.1) is 0 Å². The fourth-order valence-corrected chi connectivity index (χ4v) is 1.90. The molecule has 0 unspecified atom stereocenters. The fraction of sp³-hybridized carbons (Fsp3) is 0.263. The lowest BCUT2D eigenvalue weighted by Crippen LogP contribution is -1.86. The van der Waals surface area contributed by atoms with Gasteiger partial charge in [0.15, 0.2) is 0 Å². The third-order valence-electron chi connectivity index (χ3n) is 3.07. The molecule has 0 heteroatoms. The highest BCUT2D eigenvalue weighted by molar-refractivity contribution is 5.54. The molecule has 0 saturated carbocycles. The molecule has 0 amide bonds. The van der Waals surface area contributed by atoms with Crippen LogP contribution in [0.3, 0.4) is 0 Å². The molecule has 0 bridgehead atoms. The Balaban J connectivity index is 2.84. The van der Waals surface area contributed by atoms with E-state index in [-0.39, 0.29) is 0 Å². The molecule has 0 aliphatic heterocycles. The third-order valence-corrected chi connectivity index (χ3v) is 3.07. The Morgan fingerprint density at radius 1 is 1.00 bits per heavy atom.